The summed E-state index contributed by atoms with van der Waals surface area (Å²) < 4.78 is 60.1. The van der Waals surface area contributed by atoms with Gasteiger partial charge in [-0.15, -0.1) is 9.90 Å². The Morgan fingerprint density at radius 2 is 1.90 bits per heavy atom. The average Bonchev–Trinajstić information content (AvgIpc) is 2.75. The highest BCUT2D eigenvalue weighted by Gasteiger charge is 2.34. The van der Waals surface area contributed by atoms with Crippen LogP contribution >= 0.6 is 0 Å². The Labute approximate surface area is 111 Å². The van der Waals surface area contributed by atoms with Gasteiger partial charge in [0.05, 0.1) is 6.20 Å². The first-order valence-electron chi connectivity index (χ1n) is 5.13. The minimum atomic E-state index is -4.64. The van der Waals surface area contributed by atoms with Gasteiger partial charge in [0.1, 0.15) is 5.82 Å². The minimum absolute atomic E-state index is 0.0776. The summed E-state index contributed by atoms with van der Waals surface area (Å²) >= 11 is 0. The number of hydrogen-bond acceptors (Lipinski definition) is 6. The maximum absolute atomic E-state index is 12.4. The van der Waals surface area contributed by atoms with Gasteiger partial charge in [-0.2, -0.15) is 18.3 Å². The molecule has 0 aliphatic rings. The Balaban J connectivity index is 2.54. The molecule has 0 atom stereocenters. The van der Waals surface area contributed by atoms with E-state index in [1.165, 1.54) is 6.92 Å². The molecular weight excluding hydrogens is 299 g/mol. The molecule has 2 rings (SSSR count). The first kappa shape index (κ1) is 14.4. The van der Waals surface area contributed by atoms with Crippen LogP contribution in [0.5, 0.6) is 0 Å². The van der Waals surface area contributed by atoms with Gasteiger partial charge in [-0.1, -0.05) is 0 Å². The second kappa shape index (κ2) is 4.51. The molecule has 2 aromatic rings. The van der Waals surface area contributed by atoms with Gasteiger partial charge in [0.15, 0.2) is 26.4 Å². The summed E-state index contributed by atoms with van der Waals surface area (Å²) in [6, 6.07) is 1.00. The Morgan fingerprint density at radius 1 is 1.25 bits per heavy atom. The van der Waals surface area contributed by atoms with Crippen molar-refractivity contribution in [2.24, 2.45) is 0 Å². The maximum Gasteiger partial charge on any atom is 0.436 e. The van der Waals surface area contributed by atoms with E-state index in [1.54, 1.807) is 0 Å². The van der Waals surface area contributed by atoms with E-state index in [-0.39, 0.29) is 16.7 Å². The van der Waals surface area contributed by atoms with Gasteiger partial charge in [-0.05, 0) is 6.92 Å². The molecule has 2 aromatic heterocycles. The number of alkyl halides is 3. The monoisotopic (exact) mass is 307 g/mol. The molecule has 0 fully saturated rings. The molecule has 0 saturated carbocycles. The third-order valence-corrected chi connectivity index (χ3v) is 3.14. The number of hydrogen-bond donors (Lipinski definition) is 0. The van der Waals surface area contributed by atoms with Crippen LogP contribution in [0, 0.1) is 6.92 Å². The van der Waals surface area contributed by atoms with Crippen molar-refractivity contribution in [1.29, 1.82) is 0 Å². The molecule has 0 bridgehead atoms. The fourth-order valence-corrected chi connectivity index (χ4v) is 1.94. The fourth-order valence-electron chi connectivity index (χ4n) is 1.32. The number of nitrogens with zero attached hydrogens (tertiary/aromatic N) is 5. The van der Waals surface area contributed by atoms with E-state index in [9.17, 15) is 21.6 Å². The molecule has 108 valence electrons. The van der Waals surface area contributed by atoms with Crippen molar-refractivity contribution in [2.75, 3.05) is 6.26 Å². The lowest BCUT2D eigenvalue weighted by Crippen LogP contribution is -2.11. The zero-order valence-electron chi connectivity index (χ0n) is 10.2. The predicted molar refractivity (Wildman–Crippen MR) is 59.8 cm³/mol. The van der Waals surface area contributed by atoms with Crippen molar-refractivity contribution in [3.05, 3.63) is 23.8 Å². The molecule has 20 heavy (non-hydrogen) atoms. The molecule has 0 N–H and O–H groups in total. The van der Waals surface area contributed by atoms with Gasteiger partial charge in [0, 0.05) is 12.3 Å². The molecule has 7 nitrogen and oxygen atoms in total. The van der Waals surface area contributed by atoms with E-state index in [0.29, 0.717) is 11.0 Å². The highest BCUT2D eigenvalue weighted by atomic mass is 32.2. The molecule has 0 radical (unpaired) electrons. The summed E-state index contributed by atoms with van der Waals surface area (Å²) in [7, 11) is -3.62. The Kier molecular flexibility index (Phi) is 3.24. The van der Waals surface area contributed by atoms with Crippen LogP contribution in [0.15, 0.2) is 17.3 Å². The van der Waals surface area contributed by atoms with Gasteiger partial charge in [-0.25, -0.2) is 18.4 Å². The van der Waals surface area contributed by atoms with Gasteiger partial charge in [0.25, 0.3) is 0 Å². The van der Waals surface area contributed by atoms with Crippen molar-refractivity contribution in [3.8, 4) is 5.82 Å². The Hall–Kier alpha value is -2.04. The average molecular weight is 307 g/mol. The van der Waals surface area contributed by atoms with Crippen LogP contribution in [-0.4, -0.2) is 39.6 Å². The van der Waals surface area contributed by atoms with Gasteiger partial charge in [-0.3, -0.25) is 0 Å². The SMILES string of the molecule is Cc1nc(-n2ncc(C(F)(F)F)n2)cc(S(C)(=O)=O)n1. The number of aromatic nitrogens is 5. The predicted octanol–water partition coefficient (Wildman–Crippen LogP) is 0.788. The van der Waals surface area contributed by atoms with Crippen molar-refractivity contribution in [1.82, 2.24) is 25.0 Å². The van der Waals surface area contributed by atoms with Gasteiger partial charge < -0.3 is 0 Å². The summed E-state index contributed by atoms with van der Waals surface area (Å²) in [6.07, 6.45) is -3.19. The van der Waals surface area contributed by atoms with Crippen molar-refractivity contribution in [3.63, 3.8) is 0 Å². The lowest BCUT2D eigenvalue weighted by atomic mass is 10.5. The summed E-state index contributed by atoms with van der Waals surface area (Å²) in [4.78, 5) is 8.11. The van der Waals surface area contributed by atoms with Crippen molar-refractivity contribution in [2.45, 2.75) is 18.1 Å². The van der Waals surface area contributed by atoms with Crippen LogP contribution < -0.4 is 0 Å². The third-order valence-electron chi connectivity index (χ3n) is 2.17. The highest BCUT2D eigenvalue weighted by molar-refractivity contribution is 7.90. The van der Waals surface area contributed by atoms with E-state index in [4.69, 9.17) is 0 Å². The summed E-state index contributed by atoms with van der Waals surface area (Å²) in [6.45, 7) is 1.41. The van der Waals surface area contributed by atoms with Gasteiger partial charge in [0.2, 0.25) is 0 Å². The lowest BCUT2D eigenvalue weighted by Gasteiger charge is -2.04. The van der Waals surface area contributed by atoms with Crippen LogP contribution in [0.4, 0.5) is 13.2 Å². The molecule has 0 saturated heterocycles. The molecule has 0 spiro atoms. The topological polar surface area (TPSA) is 90.6 Å². The van der Waals surface area contributed by atoms with Crippen LogP contribution in [-0.2, 0) is 16.0 Å². The summed E-state index contributed by atoms with van der Waals surface area (Å²) in [5.41, 5.74) is -1.20. The lowest BCUT2D eigenvalue weighted by molar-refractivity contribution is -0.141. The molecule has 0 amide bonds. The number of aryl methyl sites for hydroxylation is 1. The van der Waals surface area contributed by atoms with Crippen LogP contribution in [0.2, 0.25) is 0 Å². The molecular formula is C9H8F3N5O2S. The summed E-state index contributed by atoms with van der Waals surface area (Å²) in [5.74, 6) is -0.0813. The number of rotatable bonds is 2. The molecule has 2 heterocycles. The highest BCUT2D eigenvalue weighted by Crippen LogP contribution is 2.27. The quantitative estimate of drug-likeness (QED) is 0.762. The second-order valence-corrected chi connectivity index (χ2v) is 5.86. The first-order valence-corrected chi connectivity index (χ1v) is 7.02. The van der Waals surface area contributed by atoms with E-state index in [1.807, 2.05) is 0 Å². The van der Waals surface area contributed by atoms with E-state index < -0.39 is 21.7 Å². The normalized spacial score (nSPS) is 12.7. The first-order chi connectivity index (χ1) is 9.07. The fraction of sp³-hybridized carbons (Fsp3) is 0.333. The van der Waals surface area contributed by atoms with E-state index in [0.717, 1.165) is 12.3 Å². The largest absolute Gasteiger partial charge is 0.436 e. The van der Waals surface area contributed by atoms with Crippen LogP contribution in [0.3, 0.4) is 0 Å². The van der Waals surface area contributed by atoms with Crippen molar-refractivity contribution >= 4 is 9.84 Å². The molecule has 0 aliphatic heterocycles. The smallest absolute Gasteiger partial charge is 0.222 e. The maximum atomic E-state index is 12.4. The molecule has 0 unspecified atom stereocenters. The molecule has 11 heteroatoms. The zero-order valence-corrected chi connectivity index (χ0v) is 11.1. The van der Waals surface area contributed by atoms with Crippen molar-refractivity contribution < 1.29 is 21.6 Å². The number of sulfone groups is 1. The standard InChI is InChI=1S/C9H8F3N5O2S/c1-5-14-7(3-8(15-5)20(2,18)19)17-13-4-6(16-17)9(10,11)12/h3-4H,1-2H3. The number of halogens is 3. The van der Waals surface area contributed by atoms with E-state index in [2.05, 4.69) is 20.2 Å². The third kappa shape index (κ3) is 2.92. The Bertz CT molecular complexity index is 753. The zero-order chi connectivity index (χ0) is 15.1. The summed E-state index contributed by atoms with van der Waals surface area (Å²) in [5, 5.41) is 6.32. The van der Waals surface area contributed by atoms with Gasteiger partial charge >= 0.3 is 6.18 Å². The second-order valence-electron chi connectivity index (χ2n) is 3.90. The minimum Gasteiger partial charge on any atom is -0.222 e. The van der Waals surface area contributed by atoms with Crippen LogP contribution in [0.1, 0.15) is 11.5 Å². The van der Waals surface area contributed by atoms with E-state index >= 15 is 0 Å². The van der Waals surface area contributed by atoms with Crippen LogP contribution in [0.25, 0.3) is 5.82 Å². The Morgan fingerprint density at radius 3 is 2.40 bits per heavy atom. The molecule has 0 aliphatic carbocycles. The molecule has 0 aromatic carbocycles.